The zero-order valence-electron chi connectivity index (χ0n) is 13.3. The van der Waals surface area contributed by atoms with Crippen molar-refractivity contribution in [1.82, 2.24) is 0 Å². The maximum atomic E-state index is 12.0. The molecule has 0 aliphatic heterocycles. The Morgan fingerprint density at radius 2 is 1.04 bits per heavy atom. The summed E-state index contributed by atoms with van der Waals surface area (Å²) in [6.45, 7) is 3.55. The summed E-state index contributed by atoms with van der Waals surface area (Å²) in [5.41, 5.74) is 1.20. The summed E-state index contributed by atoms with van der Waals surface area (Å²) >= 11 is 0. The van der Waals surface area contributed by atoms with Gasteiger partial charge in [0, 0.05) is 11.4 Å². The van der Waals surface area contributed by atoms with Gasteiger partial charge in [0.05, 0.1) is 0 Å². The van der Waals surface area contributed by atoms with Crippen LogP contribution >= 0.6 is 0 Å². The molecule has 0 unspecified atom stereocenters. The molecule has 0 saturated heterocycles. The Morgan fingerprint density at radius 3 is 1.33 bits per heavy atom. The van der Waals surface area contributed by atoms with Gasteiger partial charge in [0.25, 0.3) is 11.8 Å². The van der Waals surface area contributed by atoms with Gasteiger partial charge in [-0.05, 0) is 62.4 Å². The van der Waals surface area contributed by atoms with Gasteiger partial charge in [-0.25, -0.2) is 0 Å². The number of hydrogen-bond donors (Lipinski definition) is 2. The van der Waals surface area contributed by atoms with Crippen LogP contribution < -0.4 is 10.6 Å². The molecule has 0 aliphatic carbocycles. The highest BCUT2D eigenvalue weighted by molar-refractivity contribution is 6.03. The molecule has 0 fully saturated rings. The molecule has 0 spiro atoms. The maximum absolute atomic E-state index is 12.0. The van der Waals surface area contributed by atoms with Gasteiger partial charge in [-0.3, -0.25) is 9.59 Å². The molecule has 6 heteroatoms. The van der Waals surface area contributed by atoms with Crippen LogP contribution in [0.25, 0.3) is 0 Å². The van der Waals surface area contributed by atoms with Crippen molar-refractivity contribution in [2.24, 2.45) is 0 Å². The van der Waals surface area contributed by atoms with Crippen molar-refractivity contribution in [1.29, 1.82) is 0 Å². The average molecular weight is 324 g/mol. The van der Waals surface area contributed by atoms with Gasteiger partial charge in [0.15, 0.2) is 11.5 Å². The van der Waals surface area contributed by atoms with E-state index < -0.39 is 0 Å². The molecule has 1 aromatic carbocycles. The molecule has 2 N–H and O–H groups in total. The fraction of sp³-hybridized carbons (Fsp3) is 0.111. The number of hydrogen-bond acceptors (Lipinski definition) is 4. The summed E-state index contributed by atoms with van der Waals surface area (Å²) < 4.78 is 10.5. The average Bonchev–Trinajstić information content (AvgIpc) is 3.18. The number of aryl methyl sites for hydroxylation is 2. The van der Waals surface area contributed by atoms with E-state index in [1.54, 1.807) is 62.4 Å². The number of furan rings is 2. The second-order valence-electron chi connectivity index (χ2n) is 5.31. The van der Waals surface area contributed by atoms with E-state index in [1.165, 1.54) is 0 Å². The van der Waals surface area contributed by atoms with E-state index in [0.717, 1.165) is 0 Å². The van der Waals surface area contributed by atoms with Crippen molar-refractivity contribution in [3.8, 4) is 0 Å². The largest absolute Gasteiger partial charge is 0.456 e. The minimum absolute atomic E-state index is 0.248. The van der Waals surface area contributed by atoms with Gasteiger partial charge in [-0.15, -0.1) is 0 Å². The van der Waals surface area contributed by atoms with Crippen molar-refractivity contribution < 1.29 is 18.4 Å². The molecule has 0 radical (unpaired) electrons. The van der Waals surface area contributed by atoms with E-state index >= 15 is 0 Å². The minimum atomic E-state index is -0.328. The third-order valence-corrected chi connectivity index (χ3v) is 3.33. The zero-order chi connectivity index (χ0) is 17.1. The predicted molar refractivity (Wildman–Crippen MR) is 89.2 cm³/mol. The van der Waals surface area contributed by atoms with Crippen LogP contribution in [-0.4, -0.2) is 11.8 Å². The molecule has 0 aliphatic rings. The second-order valence-corrected chi connectivity index (χ2v) is 5.31. The van der Waals surface area contributed by atoms with Crippen LogP contribution in [0.15, 0.2) is 57.4 Å². The van der Waals surface area contributed by atoms with E-state index in [9.17, 15) is 9.59 Å². The molecule has 3 rings (SSSR count). The van der Waals surface area contributed by atoms with Crippen molar-refractivity contribution >= 4 is 23.2 Å². The van der Waals surface area contributed by atoms with Crippen LogP contribution in [0.4, 0.5) is 11.4 Å². The Kier molecular flexibility index (Phi) is 4.20. The lowest BCUT2D eigenvalue weighted by molar-refractivity contribution is 0.0988. The fourth-order valence-corrected chi connectivity index (χ4v) is 2.14. The summed E-state index contributed by atoms with van der Waals surface area (Å²) in [5.74, 6) is 1.19. The Hall–Kier alpha value is -3.28. The summed E-state index contributed by atoms with van der Waals surface area (Å²) in [6, 6.07) is 13.4. The molecule has 0 bridgehead atoms. The van der Waals surface area contributed by atoms with E-state index in [1.807, 2.05) is 0 Å². The SMILES string of the molecule is Cc1ccc(C(=O)Nc2ccc(NC(=O)c3ccc(C)o3)cc2)o1. The quantitative estimate of drug-likeness (QED) is 0.760. The van der Waals surface area contributed by atoms with Crippen LogP contribution in [0.5, 0.6) is 0 Å². The lowest BCUT2D eigenvalue weighted by Gasteiger charge is -2.06. The van der Waals surface area contributed by atoms with Crippen LogP contribution in [0.3, 0.4) is 0 Å². The van der Waals surface area contributed by atoms with Gasteiger partial charge < -0.3 is 19.5 Å². The van der Waals surface area contributed by atoms with Crippen LogP contribution in [-0.2, 0) is 0 Å². The van der Waals surface area contributed by atoms with Crippen molar-refractivity contribution in [2.75, 3.05) is 10.6 Å². The van der Waals surface area contributed by atoms with Crippen molar-refractivity contribution in [3.63, 3.8) is 0 Å². The molecule has 24 heavy (non-hydrogen) atoms. The fourth-order valence-electron chi connectivity index (χ4n) is 2.14. The Bertz CT molecular complexity index is 801. The van der Waals surface area contributed by atoms with E-state index in [-0.39, 0.29) is 23.3 Å². The van der Waals surface area contributed by atoms with E-state index in [0.29, 0.717) is 22.9 Å². The summed E-state index contributed by atoms with van der Waals surface area (Å²) in [7, 11) is 0. The van der Waals surface area contributed by atoms with Gasteiger partial charge in [-0.2, -0.15) is 0 Å². The zero-order valence-corrected chi connectivity index (χ0v) is 13.3. The number of amides is 2. The van der Waals surface area contributed by atoms with E-state index in [4.69, 9.17) is 8.83 Å². The monoisotopic (exact) mass is 324 g/mol. The third-order valence-electron chi connectivity index (χ3n) is 3.33. The number of anilines is 2. The van der Waals surface area contributed by atoms with Crippen LogP contribution in [0.1, 0.15) is 32.6 Å². The van der Waals surface area contributed by atoms with Crippen molar-refractivity contribution in [3.05, 3.63) is 71.6 Å². The lowest BCUT2D eigenvalue weighted by atomic mass is 10.2. The molecule has 6 nitrogen and oxygen atoms in total. The lowest BCUT2D eigenvalue weighted by Crippen LogP contribution is -2.12. The van der Waals surface area contributed by atoms with E-state index in [2.05, 4.69) is 10.6 Å². The standard InChI is InChI=1S/C18H16N2O4/c1-11-3-9-15(23-11)17(21)19-13-5-7-14(8-6-13)20-18(22)16-10-4-12(2)24-16/h3-10H,1-2H3,(H,19,21)(H,20,22). The van der Waals surface area contributed by atoms with Gasteiger partial charge in [-0.1, -0.05) is 0 Å². The number of nitrogens with one attached hydrogen (secondary N) is 2. The summed E-state index contributed by atoms with van der Waals surface area (Å²) in [5, 5.41) is 5.45. The highest BCUT2D eigenvalue weighted by atomic mass is 16.4. The molecule has 2 heterocycles. The summed E-state index contributed by atoms with van der Waals surface area (Å²) in [4.78, 5) is 24.0. The number of carbonyl (C=O) groups is 2. The first-order valence-corrected chi connectivity index (χ1v) is 7.37. The van der Waals surface area contributed by atoms with Gasteiger partial charge in [0.2, 0.25) is 0 Å². The highest BCUT2D eigenvalue weighted by Gasteiger charge is 2.12. The Balaban J connectivity index is 1.63. The Morgan fingerprint density at radius 1 is 0.667 bits per heavy atom. The first-order valence-electron chi connectivity index (χ1n) is 7.37. The third kappa shape index (κ3) is 3.55. The minimum Gasteiger partial charge on any atom is -0.456 e. The number of benzene rings is 1. The van der Waals surface area contributed by atoms with Crippen molar-refractivity contribution in [2.45, 2.75) is 13.8 Å². The highest BCUT2D eigenvalue weighted by Crippen LogP contribution is 2.17. The number of carbonyl (C=O) groups excluding carboxylic acids is 2. The Labute approximate surface area is 138 Å². The summed E-state index contributed by atoms with van der Waals surface area (Å²) in [6.07, 6.45) is 0. The number of rotatable bonds is 4. The maximum Gasteiger partial charge on any atom is 0.291 e. The first-order chi connectivity index (χ1) is 11.5. The topological polar surface area (TPSA) is 84.5 Å². The smallest absolute Gasteiger partial charge is 0.291 e. The molecule has 3 aromatic rings. The van der Waals surface area contributed by atoms with Crippen LogP contribution in [0, 0.1) is 13.8 Å². The van der Waals surface area contributed by atoms with Gasteiger partial charge in [0.1, 0.15) is 11.5 Å². The first kappa shape index (κ1) is 15.6. The molecular weight excluding hydrogens is 308 g/mol. The predicted octanol–water partition coefficient (Wildman–Crippen LogP) is 3.99. The molecule has 0 atom stereocenters. The normalized spacial score (nSPS) is 10.4. The molecule has 2 aromatic heterocycles. The molecule has 0 saturated carbocycles. The second kappa shape index (κ2) is 6.45. The molecule has 2 amide bonds. The molecular formula is C18H16N2O4. The molecule has 122 valence electrons. The van der Waals surface area contributed by atoms with Crippen LogP contribution in [0.2, 0.25) is 0 Å². The van der Waals surface area contributed by atoms with Gasteiger partial charge >= 0.3 is 0 Å².